The van der Waals surface area contributed by atoms with Crippen molar-refractivity contribution in [3.63, 3.8) is 0 Å². The Morgan fingerprint density at radius 3 is 1.82 bits per heavy atom. The first-order valence-corrected chi connectivity index (χ1v) is 19.1. The Labute approximate surface area is 350 Å². The first-order chi connectivity index (χ1) is 27.2. The summed E-state index contributed by atoms with van der Waals surface area (Å²) < 4.78 is 0. The number of para-hydroxylation sites is 2. The fourth-order valence-corrected chi connectivity index (χ4v) is 7.13. The second-order valence-electron chi connectivity index (χ2n) is 15.3. The van der Waals surface area contributed by atoms with Gasteiger partial charge in [-0.25, -0.2) is 4.98 Å². The maximum atomic E-state index is 11.0. The van der Waals surface area contributed by atoms with Gasteiger partial charge in [-0.15, -0.1) is 29.3 Å². The average molecular weight is 922 g/mol. The van der Waals surface area contributed by atoms with Crippen LogP contribution in [0.2, 0.25) is 0 Å². The van der Waals surface area contributed by atoms with Crippen molar-refractivity contribution in [3.8, 4) is 50.5 Å². The molecule has 0 bridgehead atoms. The summed E-state index contributed by atoms with van der Waals surface area (Å²) in [6.45, 7) is 8.93. The first kappa shape index (κ1) is 39.2. The number of anilines is 3. The SMILES string of the molecule is CC(c1ccccc1)c1ccnc(N(c2[c-]c(-c3cc(-c4ccc(-c5ccccc5)cc4)cc(-c4ccccc4O)n3)cc(C(C)(C)C)c2)c2ccccc2)c1.[Pt]. The summed E-state index contributed by atoms with van der Waals surface area (Å²) in [5, 5.41) is 11.0. The van der Waals surface area contributed by atoms with Crippen molar-refractivity contribution in [2.75, 3.05) is 4.90 Å². The summed E-state index contributed by atoms with van der Waals surface area (Å²) in [7, 11) is 0. The Morgan fingerprint density at radius 2 is 1.16 bits per heavy atom. The van der Waals surface area contributed by atoms with Gasteiger partial charge in [0, 0.05) is 44.4 Å². The third kappa shape index (κ3) is 8.68. The van der Waals surface area contributed by atoms with Gasteiger partial charge in [-0.2, -0.15) is 0 Å². The van der Waals surface area contributed by atoms with E-state index in [1.54, 1.807) is 6.07 Å². The summed E-state index contributed by atoms with van der Waals surface area (Å²) in [6, 6.07) is 64.1. The predicted octanol–water partition coefficient (Wildman–Crippen LogP) is 13.6. The number of aromatic hydroxyl groups is 1. The summed E-state index contributed by atoms with van der Waals surface area (Å²) >= 11 is 0. The number of pyridine rings is 2. The molecule has 2 heterocycles. The molecule has 1 N–H and O–H groups in total. The summed E-state index contributed by atoms with van der Waals surface area (Å²) in [5.41, 5.74) is 12.5. The molecule has 6 aromatic carbocycles. The molecule has 0 aliphatic heterocycles. The number of aromatic nitrogens is 2. The molecule has 0 spiro atoms. The maximum Gasteiger partial charge on any atom is 0.136 e. The molecule has 0 radical (unpaired) electrons. The smallest absolute Gasteiger partial charge is 0.136 e. The molecule has 0 aliphatic rings. The largest absolute Gasteiger partial charge is 0.507 e. The Bertz CT molecular complexity index is 2590. The third-order valence-corrected chi connectivity index (χ3v) is 10.4. The third-order valence-electron chi connectivity index (χ3n) is 10.4. The van der Waals surface area contributed by atoms with Crippen molar-refractivity contribution in [2.45, 2.75) is 39.0 Å². The molecular weight excluding hydrogens is 878 g/mol. The molecule has 1 atom stereocenters. The minimum Gasteiger partial charge on any atom is -0.507 e. The molecule has 0 fully saturated rings. The van der Waals surface area contributed by atoms with Crippen molar-refractivity contribution >= 4 is 17.2 Å². The minimum absolute atomic E-state index is 0. The van der Waals surface area contributed by atoms with E-state index >= 15 is 0 Å². The predicted molar refractivity (Wildman–Crippen MR) is 232 cm³/mol. The summed E-state index contributed by atoms with van der Waals surface area (Å²) in [4.78, 5) is 12.4. The molecule has 8 rings (SSSR count). The van der Waals surface area contributed by atoms with Gasteiger partial charge < -0.3 is 10.0 Å². The van der Waals surface area contributed by atoms with Crippen LogP contribution >= 0.6 is 0 Å². The van der Waals surface area contributed by atoms with Gasteiger partial charge >= 0.3 is 0 Å². The van der Waals surface area contributed by atoms with E-state index in [2.05, 4.69) is 178 Å². The summed E-state index contributed by atoms with van der Waals surface area (Å²) in [5.74, 6) is 1.17. The molecule has 57 heavy (non-hydrogen) atoms. The van der Waals surface area contributed by atoms with Gasteiger partial charge in [0.1, 0.15) is 11.6 Å². The summed E-state index contributed by atoms with van der Waals surface area (Å²) in [6.07, 6.45) is 1.90. The fourth-order valence-electron chi connectivity index (χ4n) is 7.13. The molecule has 1 unspecified atom stereocenters. The Kier molecular flexibility index (Phi) is 11.6. The number of phenolic OH excluding ortho intramolecular Hbond substituents is 1. The van der Waals surface area contributed by atoms with Gasteiger partial charge in [-0.1, -0.05) is 149 Å². The van der Waals surface area contributed by atoms with E-state index in [1.807, 2.05) is 36.5 Å². The Balaban J connectivity index is 0.00000496. The van der Waals surface area contributed by atoms with Crippen molar-refractivity contribution in [2.24, 2.45) is 0 Å². The molecule has 8 aromatic rings. The van der Waals surface area contributed by atoms with Crippen LogP contribution in [0, 0.1) is 6.07 Å². The standard InChI is InChI=1S/C52H44N3O.Pt/c1-36(37-16-8-5-9-17-37)41-28-29-53-51(34-41)55(45-20-12-7-13-21-45)46-31-43(30-44(35-46)52(2,3)4)48-32-42(33-49(54-48)47-22-14-15-23-50(47)56)40-26-24-39(25-27-40)38-18-10-6-11-19-38;/h5-30,32-36,56H,1-4H3;/q-1;. The van der Waals surface area contributed by atoms with Crippen LogP contribution < -0.4 is 4.90 Å². The van der Waals surface area contributed by atoms with Crippen LogP contribution in [0.15, 0.2) is 182 Å². The molecule has 284 valence electrons. The molecule has 0 saturated heterocycles. The minimum atomic E-state index is -0.191. The molecular formula is C52H44N3OPt-. The van der Waals surface area contributed by atoms with Crippen molar-refractivity contribution in [1.29, 1.82) is 0 Å². The second kappa shape index (κ2) is 17.0. The van der Waals surface area contributed by atoms with Crippen LogP contribution in [0.3, 0.4) is 0 Å². The van der Waals surface area contributed by atoms with Crippen LogP contribution in [0.4, 0.5) is 17.2 Å². The van der Waals surface area contributed by atoms with Crippen LogP contribution in [0.1, 0.15) is 50.3 Å². The molecule has 5 heteroatoms. The first-order valence-electron chi connectivity index (χ1n) is 19.1. The van der Waals surface area contributed by atoms with Crippen LogP contribution in [-0.2, 0) is 26.5 Å². The van der Waals surface area contributed by atoms with Gasteiger partial charge in [0.05, 0.1) is 5.69 Å². The molecule has 4 nitrogen and oxygen atoms in total. The quantitative estimate of drug-likeness (QED) is 0.147. The monoisotopic (exact) mass is 921 g/mol. The molecule has 0 aliphatic carbocycles. The fraction of sp³-hybridized carbons (Fsp3) is 0.115. The van der Waals surface area contributed by atoms with Gasteiger partial charge in [0.25, 0.3) is 0 Å². The van der Waals surface area contributed by atoms with E-state index in [0.29, 0.717) is 11.3 Å². The van der Waals surface area contributed by atoms with E-state index in [0.717, 1.165) is 50.7 Å². The maximum absolute atomic E-state index is 11.0. The second-order valence-corrected chi connectivity index (χ2v) is 15.3. The van der Waals surface area contributed by atoms with Crippen LogP contribution in [-0.4, -0.2) is 15.1 Å². The van der Waals surface area contributed by atoms with E-state index in [9.17, 15) is 5.11 Å². The van der Waals surface area contributed by atoms with E-state index in [1.165, 1.54) is 16.7 Å². The Hall–Kier alpha value is -6.09. The number of phenols is 1. The number of hydrogen-bond donors (Lipinski definition) is 1. The van der Waals surface area contributed by atoms with Gasteiger partial charge in [0.15, 0.2) is 0 Å². The van der Waals surface area contributed by atoms with Crippen molar-refractivity contribution in [3.05, 3.63) is 205 Å². The number of rotatable bonds is 9. The van der Waals surface area contributed by atoms with Crippen LogP contribution in [0.25, 0.3) is 44.8 Å². The van der Waals surface area contributed by atoms with E-state index in [4.69, 9.17) is 9.97 Å². The molecule has 0 saturated carbocycles. The zero-order valence-electron chi connectivity index (χ0n) is 32.5. The van der Waals surface area contributed by atoms with Gasteiger partial charge in [-0.05, 0) is 92.6 Å². The van der Waals surface area contributed by atoms with Crippen molar-refractivity contribution in [1.82, 2.24) is 9.97 Å². The average Bonchev–Trinajstić information content (AvgIpc) is 3.24. The Morgan fingerprint density at radius 1 is 0.579 bits per heavy atom. The van der Waals surface area contributed by atoms with E-state index < -0.39 is 0 Å². The topological polar surface area (TPSA) is 49.2 Å². The number of nitrogens with zero attached hydrogens (tertiary/aromatic N) is 3. The molecule has 0 amide bonds. The zero-order valence-corrected chi connectivity index (χ0v) is 34.8. The van der Waals surface area contributed by atoms with Gasteiger partial charge in [-0.3, -0.25) is 4.98 Å². The number of benzene rings is 6. The zero-order chi connectivity index (χ0) is 38.6. The molecule has 2 aromatic heterocycles. The number of hydrogen-bond acceptors (Lipinski definition) is 4. The van der Waals surface area contributed by atoms with Gasteiger partial charge in [0.2, 0.25) is 0 Å². The van der Waals surface area contributed by atoms with Crippen LogP contribution in [0.5, 0.6) is 5.75 Å². The van der Waals surface area contributed by atoms with E-state index in [-0.39, 0.29) is 38.1 Å². The van der Waals surface area contributed by atoms with Crippen molar-refractivity contribution < 1.29 is 26.2 Å². The normalized spacial score (nSPS) is 11.7.